The first kappa shape index (κ1) is 18.9. The van der Waals surface area contributed by atoms with Gasteiger partial charge in [0.1, 0.15) is 34.4 Å². The number of phenolic OH excluding ortho intramolecular Hbond substituents is 1. The quantitative estimate of drug-likeness (QED) is 0.654. The number of hydrogen-bond acceptors (Lipinski definition) is 6. The van der Waals surface area contributed by atoms with Crippen molar-refractivity contribution in [2.45, 2.75) is 52.2 Å². The van der Waals surface area contributed by atoms with Crippen molar-refractivity contribution in [2.75, 3.05) is 0 Å². The zero-order chi connectivity index (χ0) is 21.1. The minimum Gasteiger partial charge on any atom is -0.506 e. The summed E-state index contributed by atoms with van der Waals surface area (Å²) >= 11 is 0. The fourth-order valence-electron chi connectivity index (χ4n) is 4.46. The largest absolute Gasteiger partial charge is 0.506 e. The van der Waals surface area contributed by atoms with Crippen LogP contribution in [-0.2, 0) is 4.74 Å². The molecule has 1 fully saturated rings. The Bertz CT molecular complexity index is 1190. The van der Waals surface area contributed by atoms with E-state index in [1.807, 2.05) is 25.1 Å². The van der Waals surface area contributed by atoms with Crippen molar-refractivity contribution in [3.05, 3.63) is 53.9 Å². The Morgan fingerprint density at radius 2 is 1.97 bits per heavy atom. The van der Waals surface area contributed by atoms with Crippen molar-refractivity contribution >= 4 is 16.8 Å². The molecule has 2 atom stereocenters. The SMILES string of the molecule is Cc1cc(O)c2nc(Oc3ccnc(C4=N[C@]5(C)[C@@H](CCC5(C)C)O4)c3)ccc2c1. The van der Waals surface area contributed by atoms with Crippen LogP contribution in [0.5, 0.6) is 17.4 Å². The summed E-state index contributed by atoms with van der Waals surface area (Å²) in [7, 11) is 0. The second kappa shape index (κ2) is 6.42. The average molecular weight is 403 g/mol. The number of aryl methyl sites for hydroxylation is 1. The molecule has 3 heterocycles. The molecule has 2 aliphatic rings. The van der Waals surface area contributed by atoms with Gasteiger partial charge in [-0.05, 0) is 61.9 Å². The number of benzene rings is 1. The van der Waals surface area contributed by atoms with Gasteiger partial charge in [-0.2, -0.15) is 0 Å². The van der Waals surface area contributed by atoms with Crippen LogP contribution in [0.4, 0.5) is 0 Å². The smallest absolute Gasteiger partial charge is 0.236 e. The molecule has 1 N–H and O–H groups in total. The van der Waals surface area contributed by atoms with Gasteiger partial charge in [-0.1, -0.05) is 13.8 Å². The van der Waals surface area contributed by atoms with Crippen LogP contribution in [0.2, 0.25) is 0 Å². The van der Waals surface area contributed by atoms with E-state index in [4.69, 9.17) is 14.5 Å². The highest BCUT2D eigenvalue weighted by atomic mass is 16.5. The molecule has 1 aromatic carbocycles. The molecule has 2 aromatic heterocycles. The molecule has 1 saturated carbocycles. The predicted molar refractivity (Wildman–Crippen MR) is 115 cm³/mol. The lowest BCUT2D eigenvalue weighted by Crippen LogP contribution is -2.40. The molecule has 1 aliphatic carbocycles. The maximum absolute atomic E-state index is 10.2. The van der Waals surface area contributed by atoms with Gasteiger partial charge in [0.05, 0.1) is 0 Å². The summed E-state index contributed by atoms with van der Waals surface area (Å²) in [4.78, 5) is 13.8. The first-order valence-corrected chi connectivity index (χ1v) is 10.3. The Labute approximate surface area is 175 Å². The lowest BCUT2D eigenvalue weighted by atomic mass is 9.76. The molecule has 6 heteroatoms. The van der Waals surface area contributed by atoms with Crippen LogP contribution in [0.25, 0.3) is 10.9 Å². The van der Waals surface area contributed by atoms with Crippen LogP contribution in [0.3, 0.4) is 0 Å². The molecule has 0 saturated heterocycles. The van der Waals surface area contributed by atoms with Gasteiger partial charge in [0.2, 0.25) is 11.8 Å². The van der Waals surface area contributed by atoms with Crippen LogP contribution in [0.15, 0.2) is 47.6 Å². The molecule has 30 heavy (non-hydrogen) atoms. The molecule has 0 bridgehead atoms. The van der Waals surface area contributed by atoms with Crippen molar-refractivity contribution in [1.82, 2.24) is 9.97 Å². The minimum atomic E-state index is -0.240. The molecular weight excluding hydrogens is 378 g/mol. The van der Waals surface area contributed by atoms with Gasteiger partial charge in [0.25, 0.3) is 0 Å². The van der Waals surface area contributed by atoms with Crippen LogP contribution >= 0.6 is 0 Å². The summed E-state index contributed by atoms with van der Waals surface area (Å²) in [5.41, 5.74) is 1.99. The van der Waals surface area contributed by atoms with Crippen molar-refractivity contribution in [1.29, 1.82) is 0 Å². The number of aromatic hydroxyl groups is 1. The summed E-state index contributed by atoms with van der Waals surface area (Å²) in [6.07, 6.45) is 3.86. The molecule has 154 valence electrons. The highest BCUT2D eigenvalue weighted by Crippen LogP contribution is 2.52. The van der Waals surface area contributed by atoms with E-state index in [-0.39, 0.29) is 22.8 Å². The summed E-state index contributed by atoms with van der Waals surface area (Å²) in [5.74, 6) is 1.70. The minimum absolute atomic E-state index is 0.0856. The van der Waals surface area contributed by atoms with Crippen LogP contribution in [-0.4, -0.2) is 32.6 Å². The maximum Gasteiger partial charge on any atom is 0.236 e. The molecule has 5 rings (SSSR count). The lowest BCUT2D eigenvalue weighted by Gasteiger charge is -2.33. The summed E-state index contributed by atoms with van der Waals surface area (Å²) in [5, 5.41) is 11.1. The highest BCUT2D eigenvalue weighted by Gasteiger charge is 2.57. The molecule has 6 nitrogen and oxygen atoms in total. The fourth-order valence-corrected chi connectivity index (χ4v) is 4.46. The van der Waals surface area contributed by atoms with Gasteiger partial charge < -0.3 is 14.6 Å². The van der Waals surface area contributed by atoms with E-state index in [2.05, 4.69) is 30.7 Å². The van der Waals surface area contributed by atoms with Crippen molar-refractivity contribution in [2.24, 2.45) is 10.4 Å². The van der Waals surface area contributed by atoms with Gasteiger partial charge >= 0.3 is 0 Å². The third kappa shape index (κ3) is 2.90. The molecule has 0 amide bonds. The number of nitrogens with zero attached hydrogens (tertiary/aromatic N) is 3. The monoisotopic (exact) mass is 403 g/mol. The van der Waals surface area contributed by atoms with E-state index in [0.29, 0.717) is 28.7 Å². The van der Waals surface area contributed by atoms with E-state index >= 15 is 0 Å². The second-order valence-electron chi connectivity index (χ2n) is 9.08. The molecule has 0 spiro atoms. The molecule has 0 unspecified atom stereocenters. The Morgan fingerprint density at radius 1 is 1.13 bits per heavy atom. The summed E-state index contributed by atoms with van der Waals surface area (Å²) < 4.78 is 12.1. The van der Waals surface area contributed by atoms with Gasteiger partial charge in [-0.25, -0.2) is 9.98 Å². The zero-order valence-electron chi connectivity index (χ0n) is 17.6. The standard InChI is InChI=1S/C24H25N3O3/c1-14-11-15-5-6-20(26-21(15)18(28)12-14)29-16-8-10-25-17(13-16)22-27-24(4)19(30-22)7-9-23(24,2)3/h5-6,8,10-13,19,28H,7,9H2,1-4H3/t19-,24-/m1/s1. The second-order valence-corrected chi connectivity index (χ2v) is 9.08. The van der Waals surface area contributed by atoms with E-state index < -0.39 is 0 Å². The van der Waals surface area contributed by atoms with Crippen molar-refractivity contribution < 1.29 is 14.6 Å². The molecule has 3 aromatic rings. The number of ether oxygens (including phenoxy) is 2. The normalized spacial score (nSPS) is 24.4. The number of pyridine rings is 2. The average Bonchev–Trinajstić information content (AvgIpc) is 3.15. The first-order valence-electron chi connectivity index (χ1n) is 10.3. The number of aromatic nitrogens is 2. The highest BCUT2D eigenvalue weighted by molar-refractivity contribution is 5.94. The van der Waals surface area contributed by atoms with E-state index in [0.717, 1.165) is 23.8 Å². The predicted octanol–water partition coefficient (Wildman–Crippen LogP) is 5.16. The Balaban J connectivity index is 1.44. The Kier molecular flexibility index (Phi) is 4.04. The summed E-state index contributed by atoms with van der Waals surface area (Å²) in [6, 6.07) is 10.9. The lowest BCUT2D eigenvalue weighted by molar-refractivity contribution is 0.125. The van der Waals surface area contributed by atoms with Crippen molar-refractivity contribution in [3.63, 3.8) is 0 Å². The third-order valence-electron chi connectivity index (χ3n) is 6.68. The maximum atomic E-state index is 10.2. The van der Waals surface area contributed by atoms with E-state index in [1.54, 1.807) is 24.4 Å². The summed E-state index contributed by atoms with van der Waals surface area (Å²) in [6.45, 7) is 8.60. The zero-order valence-corrected chi connectivity index (χ0v) is 17.6. The number of rotatable bonds is 3. The van der Waals surface area contributed by atoms with Crippen LogP contribution in [0.1, 0.15) is 44.9 Å². The third-order valence-corrected chi connectivity index (χ3v) is 6.68. The molecule has 1 aliphatic heterocycles. The van der Waals surface area contributed by atoms with Gasteiger partial charge in [0, 0.05) is 23.7 Å². The van der Waals surface area contributed by atoms with E-state index in [1.165, 1.54) is 0 Å². The number of hydrogen-bond donors (Lipinski definition) is 1. The van der Waals surface area contributed by atoms with Gasteiger partial charge in [-0.15, -0.1) is 0 Å². The first-order chi connectivity index (χ1) is 14.2. The number of fused-ring (bicyclic) bond motifs is 2. The molecule has 0 radical (unpaired) electrons. The van der Waals surface area contributed by atoms with Gasteiger partial charge in [-0.3, -0.25) is 4.98 Å². The Morgan fingerprint density at radius 3 is 2.77 bits per heavy atom. The van der Waals surface area contributed by atoms with Crippen LogP contribution in [0, 0.1) is 12.3 Å². The molecular formula is C24H25N3O3. The topological polar surface area (TPSA) is 76.8 Å². The number of aliphatic imine (C=N–C) groups is 1. The van der Waals surface area contributed by atoms with Gasteiger partial charge in [0.15, 0.2) is 0 Å². The van der Waals surface area contributed by atoms with E-state index in [9.17, 15) is 5.11 Å². The van der Waals surface area contributed by atoms with Crippen LogP contribution < -0.4 is 4.74 Å². The fraction of sp³-hybridized carbons (Fsp3) is 0.375. The Hall–Kier alpha value is -3.15. The van der Waals surface area contributed by atoms with Crippen molar-refractivity contribution in [3.8, 4) is 17.4 Å². The number of phenols is 1.